The Morgan fingerprint density at radius 3 is 3.23 bits per heavy atom. The third-order valence-electron chi connectivity index (χ3n) is 1.93. The predicted molar refractivity (Wildman–Crippen MR) is 55.6 cm³/mol. The van der Waals surface area contributed by atoms with Crippen LogP contribution in [0.1, 0.15) is 10.5 Å². The van der Waals surface area contributed by atoms with Crippen LogP contribution in [0.2, 0.25) is 0 Å². The first-order valence-electron chi connectivity index (χ1n) is 4.13. The molecule has 3 nitrogen and oxygen atoms in total. The second kappa shape index (κ2) is 4.21. The molecule has 1 aromatic heterocycles. The molecule has 0 bridgehead atoms. The molecule has 1 aliphatic heterocycles. The van der Waals surface area contributed by atoms with Gasteiger partial charge in [0, 0.05) is 23.4 Å². The van der Waals surface area contributed by atoms with Crippen molar-refractivity contribution >= 4 is 29.1 Å². The molecule has 1 unspecified atom stereocenters. The van der Waals surface area contributed by atoms with Gasteiger partial charge in [-0.15, -0.1) is 0 Å². The summed E-state index contributed by atoms with van der Waals surface area (Å²) in [5, 5.41) is 5.04. The standard InChI is InChI=1S/C8H10N2OS2/c11-8(6-1-3-13-10-6)7-5-12-4-2-9-7/h1,3,7,9H,2,4-5H2. The van der Waals surface area contributed by atoms with Crippen LogP contribution in [0.4, 0.5) is 0 Å². The third kappa shape index (κ3) is 2.10. The van der Waals surface area contributed by atoms with E-state index in [4.69, 9.17) is 0 Å². The second-order valence-corrected chi connectivity index (χ2v) is 4.65. The number of carbonyl (C=O) groups excluding carboxylic acids is 1. The van der Waals surface area contributed by atoms with E-state index >= 15 is 0 Å². The van der Waals surface area contributed by atoms with E-state index < -0.39 is 0 Å². The quantitative estimate of drug-likeness (QED) is 0.747. The molecule has 2 heterocycles. The van der Waals surface area contributed by atoms with Gasteiger partial charge in [-0.1, -0.05) is 0 Å². The molecule has 1 fully saturated rings. The molecule has 5 heteroatoms. The van der Waals surface area contributed by atoms with Gasteiger partial charge in [-0.05, 0) is 17.6 Å². The number of ketones is 1. The van der Waals surface area contributed by atoms with E-state index in [1.807, 2.05) is 17.1 Å². The van der Waals surface area contributed by atoms with Gasteiger partial charge >= 0.3 is 0 Å². The zero-order valence-corrected chi connectivity index (χ0v) is 8.66. The molecule has 1 aromatic rings. The molecule has 2 rings (SSSR count). The molecular weight excluding hydrogens is 204 g/mol. The summed E-state index contributed by atoms with van der Waals surface area (Å²) >= 11 is 3.15. The Bertz CT molecular complexity index is 280. The van der Waals surface area contributed by atoms with E-state index in [9.17, 15) is 4.79 Å². The van der Waals surface area contributed by atoms with Gasteiger partial charge in [0.2, 0.25) is 0 Å². The van der Waals surface area contributed by atoms with Gasteiger partial charge in [-0.2, -0.15) is 16.1 Å². The van der Waals surface area contributed by atoms with E-state index in [1.54, 1.807) is 6.07 Å². The Balaban J connectivity index is 2.04. The number of aromatic nitrogens is 1. The number of carbonyl (C=O) groups is 1. The summed E-state index contributed by atoms with van der Waals surface area (Å²) < 4.78 is 4.03. The molecule has 0 spiro atoms. The molecular formula is C8H10N2OS2. The van der Waals surface area contributed by atoms with E-state index in [2.05, 4.69) is 9.69 Å². The highest BCUT2D eigenvalue weighted by Gasteiger charge is 2.23. The highest BCUT2D eigenvalue weighted by molar-refractivity contribution is 7.99. The van der Waals surface area contributed by atoms with Crippen molar-refractivity contribution in [3.63, 3.8) is 0 Å². The van der Waals surface area contributed by atoms with Crippen molar-refractivity contribution in [1.82, 2.24) is 9.69 Å². The van der Waals surface area contributed by atoms with Gasteiger partial charge < -0.3 is 5.32 Å². The largest absolute Gasteiger partial charge is 0.306 e. The van der Waals surface area contributed by atoms with E-state index in [0.717, 1.165) is 18.1 Å². The fourth-order valence-electron chi connectivity index (χ4n) is 1.25. The van der Waals surface area contributed by atoms with Crippen LogP contribution >= 0.6 is 23.3 Å². The maximum absolute atomic E-state index is 11.7. The smallest absolute Gasteiger partial charge is 0.199 e. The maximum Gasteiger partial charge on any atom is 0.199 e. The van der Waals surface area contributed by atoms with E-state index in [0.29, 0.717) is 5.69 Å². The lowest BCUT2D eigenvalue weighted by Crippen LogP contribution is -2.43. The van der Waals surface area contributed by atoms with Crippen LogP contribution in [0, 0.1) is 0 Å². The summed E-state index contributed by atoms with van der Waals surface area (Å²) in [4.78, 5) is 11.7. The van der Waals surface area contributed by atoms with Gasteiger partial charge in [-0.25, -0.2) is 0 Å². The monoisotopic (exact) mass is 214 g/mol. The number of thioether (sulfide) groups is 1. The second-order valence-electron chi connectivity index (χ2n) is 2.83. The molecule has 0 aromatic carbocycles. The summed E-state index contributed by atoms with van der Waals surface area (Å²) in [7, 11) is 0. The number of rotatable bonds is 2. The summed E-state index contributed by atoms with van der Waals surface area (Å²) in [6.45, 7) is 0.922. The number of hydrogen-bond donors (Lipinski definition) is 1. The Morgan fingerprint density at radius 2 is 2.62 bits per heavy atom. The van der Waals surface area contributed by atoms with Gasteiger partial charge in [0.25, 0.3) is 0 Å². The molecule has 0 amide bonds. The molecule has 0 saturated carbocycles. The average molecular weight is 214 g/mol. The lowest BCUT2D eigenvalue weighted by atomic mass is 10.1. The highest BCUT2D eigenvalue weighted by atomic mass is 32.2. The third-order valence-corrected chi connectivity index (χ3v) is 3.55. The van der Waals surface area contributed by atoms with Crippen LogP contribution < -0.4 is 5.32 Å². The van der Waals surface area contributed by atoms with Crippen LogP contribution in [-0.2, 0) is 0 Å². The van der Waals surface area contributed by atoms with Gasteiger partial charge in [-0.3, -0.25) is 4.79 Å². The van der Waals surface area contributed by atoms with Crippen molar-refractivity contribution < 1.29 is 4.79 Å². The van der Waals surface area contributed by atoms with Crippen LogP contribution in [0.15, 0.2) is 11.4 Å². The fourth-order valence-corrected chi connectivity index (χ4v) is 2.70. The molecule has 1 saturated heterocycles. The Hall–Kier alpha value is -0.390. The molecule has 1 atom stereocenters. The fraction of sp³-hybridized carbons (Fsp3) is 0.500. The first kappa shape index (κ1) is 9.18. The van der Waals surface area contributed by atoms with Crippen molar-refractivity contribution in [2.24, 2.45) is 0 Å². The van der Waals surface area contributed by atoms with Crippen molar-refractivity contribution in [2.75, 3.05) is 18.1 Å². The van der Waals surface area contributed by atoms with Crippen molar-refractivity contribution in [3.8, 4) is 0 Å². The number of hydrogen-bond acceptors (Lipinski definition) is 5. The minimum absolute atomic E-state index is 0.0270. The van der Waals surface area contributed by atoms with Crippen LogP contribution in [0.25, 0.3) is 0 Å². The molecule has 1 aliphatic rings. The lowest BCUT2D eigenvalue weighted by Gasteiger charge is -2.20. The minimum atomic E-state index is -0.0270. The highest BCUT2D eigenvalue weighted by Crippen LogP contribution is 2.12. The summed E-state index contributed by atoms with van der Waals surface area (Å²) in [5.41, 5.74) is 0.602. The summed E-state index contributed by atoms with van der Waals surface area (Å²) in [5.74, 6) is 2.10. The maximum atomic E-state index is 11.7. The lowest BCUT2D eigenvalue weighted by molar-refractivity contribution is 0.0949. The average Bonchev–Trinajstić information content (AvgIpc) is 2.71. The SMILES string of the molecule is O=C(c1ccsn1)C1CSCCN1. The number of Topliss-reactive ketones (excluding diaryl/α,β-unsaturated/α-hetero) is 1. The van der Waals surface area contributed by atoms with Gasteiger partial charge in [0.15, 0.2) is 5.78 Å². The molecule has 0 aliphatic carbocycles. The number of nitrogens with zero attached hydrogens (tertiary/aromatic N) is 1. The molecule has 1 N–H and O–H groups in total. The zero-order chi connectivity index (χ0) is 9.10. The topological polar surface area (TPSA) is 42.0 Å². The Labute approximate surface area is 85.1 Å². The molecule has 0 radical (unpaired) electrons. The first-order chi connectivity index (χ1) is 6.38. The summed E-state index contributed by atoms with van der Waals surface area (Å²) in [6.07, 6.45) is 0. The minimum Gasteiger partial charge on any atom is -0.306 e. The van der Waals surface area contributed by atoms with E-state index in [1.165, 1.54) is 11.5 Å². The van der Waals surface area contributed by atoms with E-state index in [-0.39, 0.29) is 11.8 Å². The first-order valence-corrected chi connectivity index (χ1v) is 6.13. The van der Waals surface area contributed by atoms with Crippen molar-refractivity contribution in [2.45, 2.75) is 6.04 Å². The normalized spacial score (nSPS) is 22.9. The molecule has 70 valence electrons. The van der Waals surface area contributed by atoms with Crippen molar-refractivity contribution in [3.05, 3.63) is 17.1 Å². The zero-order valence-electron chi connectivity index (χ0n) is 7.03. The van der Waals surface area contributed by atoms with Crippen LogP contribution in [-0.4, -0.2) is 34.2 Å². The van der Waals surface area contributed by atoms with Crippen LogP contribution in [0.3, 0.4) is 0 Å². The molecule has 13 heavy (non-hydrogen) atoms. The Kier molecular flexibility index (Phi) is 2.97. The van der Waals surface area contributed by atoms with Crippen molar-refractivity contribution in [1.29, 1.82) is 0 Å². The number of nitrogens with one attached hydrogen (secondary N) is 1. The van der Waals surface area contributed by atoms with Crippen LogP contribution in [0.5, 0.6) is 0 Å². The summed E-state index contributed by atoms with van der Waals surface area (Å²) in [6, 6.07) is 1.76. The Morgan fingerprint density at radius 1 is 1.69 bits per heavy atom. The van der Waals surface area contributed by atoms with Gasteiger partial charge in [0.05, 0.1) is 6.04 Å². The van der Waals surface area contributed by atoms with Gasteiger partial charge in [0.1, 0.15) is 5.69 Å². The predicted octanol–water partition coefficient (Wildman–Crippen LogP) is 1.03.